The third kappa shape index (κ3) is 6.02. The Morgan fingerprint density at radius 2 is 1.56 bits per heavy atom. The zero-order valence-electron chi connectivity index (χ0n) is 18.5. The number of ether oxygens (including phenoxy) is 2. The minimum Gasteiger partial charge on any atom is -0.472 e. The minimum atomic E-state index is -4.33. The van der Waals surface area contributed by atoms with Crippen LogP contribution < -0.4 is 9.47 Å². The first kappa shape index (κ1) is 23.9. The van der Waals surface area contributed by atoms with Crippen molar-refractivity contribution in [1.29, 1.82) is 0 Å². The van der Waals surface area contributed by atoms with Crippen molar-refractivity contribution in [2.45, 2.75) is 44.5 Å². The molecule has 0 unspecified atom stereocenters. The molecule has 0 N–H and O–H groups in total. The number of hydrogen-bond donors (Lipinski definition) is 0. The normalized spacial score (nSPS) is 17.9. The third-order valence-corrected chi connectivity index (χ3v) is 5.84. The number of amides is 2. The average Bonchev–Trinajstić information content (AvgIpc) is 3.13. The summed E-state index contributed by atoms with van der Waals surface area (Å²) in [4.78, 5) is 35.1. The van der Waals surface area contributed by atoms with Gasteiger partial charge in [-0.2, -0.15) is 13.2 Å². The van der Waals surface area contributed by atoms with Crippen LogP contribution in [0, 0.1) is 0 Å². The second-order valence-electron chi connectivity index (χ2n) is 8.24. The van der Waals surface area contributed by atoms with E-state index in [1.807, 2.05) is 0 Å². The van der Waals surface area contributed by atoms with Crippen molar-refractivity contribution in [3.8, 4) is 11.8 Å². The van der Waals surface area contributed by atoms with E-state index in [0.29, 0.717) is 19.4 Å². The quantitative estimate of drug-likeness (QED) is 0.539. The molecule has 2 amide bonds. The molecule has 4 rings (SSSR count). The molecule has 2 aromatic rings. The number of aromatic nitrogens is 2. The van der Waals surface area contributed by atoms with Crippen molar-refractivity contribution in [3.63, 3.8) is 0 Å². The number of nitrogens with zero attached hydrogens (tertiary/aromatic N) is 4. The number of piperidine rings is 1. The summed E-state index contributed by atoms with van der Waals surface area (Å²) >= 11 is 0. The van der Waals surface area contributed by atoms with E-state index in [1.165, 1.54) is 29.4 Å². The smallest absolute Gasteiger partial charge is 0.416 e. The van der Waals surface area contributed by atoms with Crippen LogP contribution in [0.5, 0.6) is 11.8 Å². The lowest BCUT2D eigenvalue weighted by Crippen LogP contribution is -2.38. The number of benzene rings is 1. The van der Waals surface area contributed by atoms with Gasteiger partial charge in [-0.3, -0.25) is 19.4 Å². The second-order valence-corrected chi connectivity index (χ2v) is 8.24. The predicted molar refractivity (Wildman–Crippen MR) is 114 cm³/mol. The maximum absolute atomic E-state index is 12.7. The number of imide groups is 1. The molecule has 3 heterocycles. The first-order valence-electron chi connectivity index (χ1n) is 11.1. The number of carbonyl (C=O) groups excluding carboxylic acids is 2. The van der Waals surface area contributed by atoms with Crippen molar-refractivity contribution in [1.82, 2.24) is 19.8 Å². The predicted octanol–water partition coefficient (Wildman–Crippen LogP) is 3.07. The van der Waals surface area contributed by atoms with Crippen LogP contribution >= 0.6 is 0 Å². The lowest BCUT2D eigenvalue weighted by Gasteiger charge is -2.32. The molecular formula is C23H25F3N4O4. The molecule has 0 aliphatic carbocycles. The summed E-state index contributed by atoms with van der Waals surface area (Å²) in [6.07, 6.45) is 0.424. The van der Waals surface area contributed by atoms with Crippen LogP contribution in [0.15, 0.2) is 36.7 Å². The molecule has 2 saturated heterocycles. The van der Waals surface area contributed by atoms with E-state index in [2.05, 4.69) is 14.9 Å². The third-order valence-electron chi connectivity index (χ3n) is 5.84. The molecule has 11 heteroatoms. The Kier molecular flexibility index (Phi) is 7.30. The van der Waals surface area contributed by atoms with Gasteiger partial charge in [0.25, 0.3) is 11.8 Å². The molecule has 0 bridgehead atoms. The van der Waals surface area contributed by atoms with Gasteiger partial charge in [0, 0.05) is 44.9 Å². The van der Waals surface area contributed by atoms with E-state index in [1.54, 1.807) is 0 Å². The van der Waals surface area contributed by atoms with Gasteiger partial charge in [-0.25, -0.2) is 9.97 Å². The van der Waals surface area contributed by atoms with E-state index in [0.717, 1.165) is 30.8 Å². The van der Waals surface area contributed by atoms with Crippen molar-refractivity contribution in [2.75, 3.05) is 26.2 Å². The first-order valence-corrected chi connectivity index (χ1v) is 11.1. The molecule has 1 aromatic heterocycles. The zero-order chi connectivity index (χ0) is 24.1. The fourth-order valence-corrected chi connectivity index (χ4v) is 4.00. The molecule has 0 spiro atoms. The highest BCUT2D eigenvalue weighted by molar-refractivity contribution is 6.01. The monoisotopic (exact) mass is 478 g/mol. The molecular weight excluding hydrogens is 453 g/mol. The van der Waals surface area contributed by atoms with Gasteiger partial charge in [0.15, 0.2) is 0 Å². The van der Waals surface area contributed by atoms with Crippen molar-refractivity contribution in [3.05, 3.63) is 47.8 Å². The summed E-state index contributed by atoms with van der Waals surface area (Å²) in [7, 11) is 0. The molecule has 0 radical (unpaired) electrons. The Bertz CT molecular complexity index is 992. The summed E-state index contributed by atoms with van der Waals surface area (Å²) < 4.78 is 49.8. The lowest BCUT2D eigenvalue weighted by molar-refractivity contribution is -0.139. The molecule has 2 fully saturated rings. The topological polar surface area (TPSA) is 84.9 Å². The molecule has 182 valence electrons. The molecule has 0 saturated carbocycles. The molecule has 0 atom stereocenters. The van der Waals surface area contributed by atoms with Crippen LogP contribution in [0.3, 0.4) is 0 Å². The largest absolute Gasteiger partial charge is 0.472 e. The van der Waals surface area contributed by atoms with Gasteiger partial charge in [-0.05, 0) is 30.5 Å². The van der Waals surface area contributed by atoms with E-state index < -0.39 is 11.7 Å². The number of alkyl halides is 3. The Morgan fingerprint density at radius 1 is 0.941 bits per heavy atom. The summed E-state index contributed by atoms with van der Waals surface area (Å²) in [5, 5.41) is 0. The number of carbonyl (C=O) groups is 2. The molecule has 2 aliphatic rings. The van der Waals surface area contributed by atoms with Gasteiger partial charge in [-0.1, -0.05) is 12.1 Å². The fourth-order valence-electron chi connectivity index (χ4n) is 4.00. The number of halogens is 3. The summed E-state index contributed by atoms with van der Waals surface area (Å²) in [6.45, 7) is 2.26. The molecule has 1 aromatic carbocycles. The number of hydrogen-bond acceptors (Lipinski definition) is 7. The van der Waals surface area contributed by atoms with Gasteiger partial charge in [0.2, 0.25) is 11.8 Å². The van der Waals surface area contributed by atoms with Gasteiger partial charge in [0.05, 0.1) is 12.1 Å². The van der Waals surface area contributed by atoms with E-state index in [-0.39, 0.29) is 55.7 Å². The second kappa shape index (κ2) is 10.4. The highest BCUT2D eigenvalue weighted by Gasteiger charge is 2.30. The Labute approximate surface area is 194 Å². The van der Waals surface area contributed by atoms with Crippen LogP contribution in [-0.4, -0.2) is 63.9 Å². The maximum atomic E-state index is 12.7. The van der Waals surface area contributed by atoms with Crippen molar-refractivity contribution >= 4 is 11.8 Å². The lowest BCUT2D eigenvalue weighted by atomic mass is 10.1. The van der Waals surface area contributed by atoms with Gasteiger partial charge < -0.3 is 9.47 Å². The molecule has 8 nitrogen and oxygen atoms in total. The van der Waals surface area contributed by atoms with E-state index in [4.69, 9.17) is 9.47 Å². The minimum absolute atomic E-state index is 0.0953. The summed E-state index contributed by atoms with van der Waals surface area (Å²) in [6, 6.07) is 5.24. The Morgan fingerprint density at radius 3 is 2.18 bits per heavy atom. The molecule has 2 aliphatic heterocycles. The Hall–Kier alpha value is -3.21. The number of rotatable bonds is 8. The standard InChI is InChI=1S/C23H25F3N4O4/c24-23(25,26)17-3-1-16(2-4-17)15-29-11-7-18(8-12-29)34-22-21(27-9-10-28-22)33-14-13-30-19(31)5-6-20(30)32/h1-4,9-10,18H,5-8,11-15H2. The SMILES string of the molecule is O=C1CCC(=O)N1CCOc1nccnc1OC1CCN(Cc2ccc(C(F)(F)F)cc2)CC1. The zero-order valence-corrected chi connectivity index (χ0v) is 18.5. The number of likely N-dealkylation sites (tertiary alicyclic amines) is 2. The van der Waals surface area contributed by atoms with Gasteiger partial charge in [0.1, 0.15) is 12.7 Å². The highest BCUT2D eigenvalue weighted by Crippen LogP contribution is 2.30. The van der Waals surface area contributed by atoms with Crippen LogP contribution in [0.25, 0.3) is 0 Å². The van der Waals surface area contributed by atoms with Crippen LogP contribution in [0.4, 0.5) is 13.2 Å². The Balaban J connectivity index is 1.25. The fraction of sp³-hybridized carbons (Fsp3) is 0.478. The van der Waals surface area contributed by atoms with Crippen LogP contribution in [0.1, 0.15) is 36.8 Å². The maximum Gasteiger partial charge on any atom is 0.416 e. The van der Waals surface area contributed by atoms with E-state index in [9.17, 15) is 22.8 Å². The van der Waals surface area contributed by atoms with Crippen LogP contribution in [0.2, 0.25) is 0 Å². The summed E-state index contributed by atoms with van der Waals surface area (Å²) in [5.74, 6) is 0.0519. The van der Waals surface area contributed by atoms with Crippen molar-refractivity contribution < 1.29 is 32.2 Å². The van der Waals surface area contributed by atoms with Gasteiger partial charge >= 0.3 is 6.18 Å². The average molecular weight is 478 g/mol. The van der Waals surface area contributed by atoms with Crippen LogP contribution in [-0.2, 0) is 22.3 Å². The first-order chi connectivity index (χ1) is 16.3. The molecule has 34 heavy (non-hydrogen) atoms. The van der Waals surface area contributed by atoms with E-state index >= 15 is 0 Å². The van der Waals surface area contributed by atoms with Gasteiger partial charge in [-0.15, -0.1) is 0 Å². The van der Waals surface area contributed by atoms with Crippen molar-refractivity contribution in [2.24, 2.45) is 0 Å². The summed E-state index contributed by atoms with van der Waals surface area (Å²) in [5.41, 5.74) is 0.177. The highest BCUT2D eigenvalue weighted by atomic mass is 19.4.